The Morgan fingerprint density at radius 3 is 2.35 bits per heavy atom. The highest BCUT2D eigenvalue weighted by atomic mass is 16.2. The highest BCUT2D eigenvalue weighted by Crippen LogP contribution is 2.26. The second kappa shape index (κ2) is 10.8. The number of aromatic nitrogens is 4. The van der Waals surface area contributed by atoms with E-state index in [0.29, 0.717) is 5.69 Å². The molecule has 2 aliphatic heterocycles. The number of anilines is 2. The number of piperazine rings is 2. The third kappa shape index (κ3) is 5.41. The lowest BCUT2D eigenvalue weighted by molar-refractivity contribution is 0.0658. The first-order valence-corrected chi connectivity index (χ1v) is 13.1. The van der Waals surface area contributed by atoms with Crippen molar-refractivity contribution in [1.82, 2.24) is 30.0 Å². The highest BCUT2D eigenvalue weighted by Gasteiger charge is 2.28. The lowest BCUT2D eigenvalue weighted by atomic mass is 10.0. The van der Waals surface area contributed by atoms with E-state index in [4.69, 9.17) is 0 Å². The summed E-state index contributed by atoms with van der Waals surface area (Å²) in [7, 11) is 2.08. The van der Waals surface area contributed by atoms with Crippen molar-refractivity contribution in [1.29, 1.82) is 0 Å². The van der Waals surface area contributed by atoms with Gasteiger partial charge in [0.15, 0.2) is 5.82 Å². The van der Waals surface area contributed by atoms with E-state index < -0.39 is 0 Å². The molecule has 2 saturated heterocycles. The molecule has 194 valence electrons. The van der Waals surface area contributed by atoms with Crippen molar-refractivity contribution >= 4 is 17.5 Å². The summed E-state index contributed by atoms with van der Waals surface area (Å²) in [4.78, 5) is 30.6. The first-order valence-electron chi connectivity index (χ1n) is 13.1. The van der Waals surface area contributed by atoms with Crippen LogP contribution in [0.5, 0.6) is 0 Å². The molecule has 0 bridgehead atoms. The van der Waals surface area contributed by atoms with Crippen LogP contribution in [-0.2, 0) is 6.42 Å². The van der Waals surface area contributed by atoms with E-state index in [2.05, 4.69) is 86.9 Å². The number of carbonyl (C=O) groups is 1. The molecular weight excluding hydrogens is 464 g/mol. The zero-order valence-electron chi connectivity index (χ0n) is 22.3. The zero-order chi connectivity index (χ0) is 25.9. The van der Waals surface area contributed by atoms with Gasteiger partial charge in [-0.2, -0.15) is 5.10 Å². The largest absolute Gasteiger partial charge is 0.351 e. The average molecular weight is 501 g/mol. The summed E-state index contributed by atoms with van der Waals surface area (Å²) >= 11 is 0. The van der Waals surface area contributed by atoms with Crippen LogP contribution in [0.25, 0.3) is 0 Å². The van der Waals surface area contributed by atoms with Crippen molar-refractivity contribution in [2.45, 2.75) is 33.2 Å². The second-order valence-corrected chi connectivity index (χ2v) is 10.2. The summed E-state index contributed by atoms with van der Waals surface area (Å²) < 4.78 is 0. The molecule has 1 atom stereocenters. The number of likely N-dealkylation sites (N-methyl/N-ethyl adjacent to an activating group) is 1. The van der Waals surface area contributed by atoms with E-state index >= 15 is 0 Å². The van der Waals surface area contributed by atoms with E-state index in [1.54, 1.807) is 12.4 Å². The lowest BCUT2D eigenvalue weighted by Gasteiger charge is -2.41. The second-order valence-electron chi connectivity index (χ2n) is 10.2. The fourth-order valence-electron chi connectivity index (χ4n) is 5.14. The predicted octanol–water partition coefficient (Wildman–Crippen LogP) is 2.58. The maximum atomic E-state index is 12.8. The van der Waals surface area contributed by atoms with Crippen LogP contribution in [0.1, 0.15) is 39.8 Å². The Bertz CT molecular complexity index is 1220. The summed E-state index contributed by atoms with van der Waals surface area (Å²) in [6.45, 7) is 12.1. The van der Waals surface area contributed by atoms with Gasteiger partial charge in [0.1, 0.15) is 11.5 Å². The van der Waals surface area contributed by atoms with Gasteiger partial charge in [0.25, 0.3) is 5.91 Å². The molecule has 0 spiro atoms. The number of hydrogen-bond donors (Lipinski definition) is 0. The normalized spacial score (nSPS) is 18.8. The van der Waals surface area contributed by atoms with Crippen molar-refractivity contribution in [2.75, 3.05) is 62.7 Å². The predicted molar refractivity (Wildman–Crippen MR) is 145 cm³/mol. The molecule has 2 aromatic heterocycles. The molecule has 0 unspecified atom stereocenters. The maximum Gasteiger partial charge on any atom is 0.274 e. The molecule has 0 radical (unpaired) electrons. The molecule has 3 aromatic rings. The molecule has 4 heterocycles. The molecule has 5 rings (SSSR count). The van der Waals surface area contributed by atoms with Crippen LogP contribution in [0.3, 0.4) is 0 Å². The fraction of sp³-hybridized carbons (Fsp3) is 0.464. The summed E-state index contributed by atoms with van der Waals surface area (Å²) in [5.74, 6) is 1.73. The molecule has 0 N–H and O–H groups in total. The Balaban J connectivity index is 1.23. The minimum Gasteiger partial charge on any atom is -0.351 e. The molecule has 0 aliphatic carbocycles. The molecule has 2 aliphatic rings. The molecule has 0 saturated carbocycles. The molecule has 37 heavy (non-hydrogen) atoms. The van der Waals surface area contributed by atoms with Crippen LogP contribution >= 0.6 is 0 Å². The number of carbonyl (C=O) groups excluding carboxylic acids is 1. The van der Waals surface area contributed by atoms with Crippen molar-refractivity contribution < 1.29 is 4.79 Å². The number of hydrogen-bond acceptors (Lipinski definition) is 8. The fourth-order valence-corrected chi connectivity index (χ4v) is 5.14. The summed E-state index contributed by atoms with van der Waals surface area (Å²) in [6, 6.07) is 10.6. The molecule has 9 heteroatoms. The highest BCUT2D eigenvalue weighted by molar-refractivity contribution is 5.92. The number of rotatable bonds is 5. The van der Waals surface area contributed by atoms with Crippen molar-refractivity contribution in [3.63, 3.8) is 0 Å². The zero-order valence-corrected chi connectivity index (χ0v) is 22.3. The minimum atomic E-state index is -0.0369. The van der Waals surface area contributed by atoms with Crippen molar-refractivity contribution in [2.24, 2.45) is 0 Å². The molecule has 2 fully saturated rings. The Kier molecular flexibility index (Phi) is 7.32. The van der Waals surface area contributed by atoms with Crippen molar-refractivity contribution in [3.8, 4) is 0 Å². The first-order chi connectivity index (χ1) is 17.9. The number of nitrogens with zero attached hydrogens (tertiary/aromatic N) is 8. The molecular formula is C28H36N8O. The summed E-state index contributed by atoms with van der Waals surface area (Å²) in [5.41, 5.74) is 5.08. The summed E-state index contributed by atoms with van der Waals surface area (Å²) in [6.07, 6.45) is 4.15. The van der Waals surface area contributed by atoms with E-state index in [1.165, 1.54) is 16.7 Å². The number of benzene rings is 1. The van der Waals surface area contributed by atoms with E-state index in [0.717, 1.165) is 69.6 Å². The van der Waals surface area contributed by atoms with E-state index in [1.807, 2.05) is 11.0 Å². The first kappa shape index (κ1) is 25.1. The Morgan fingerprint density at radius 1 is 0.919 bits per heavy atom. The van der Waals surface area contributed by atoms with Gasteiger partial charge in [-0.3, -0.25) is 4.79 Å². The summed E-state index contributed by atoms with van der Waals surface area (Å²) in [5, 5.41) is 9.27. The van der Waals surface area contributed by atoms with Crippen molar-refractivity contribution in [3.05, 3.63) is 70.8 Å². The Labute approximate surface area is 219 Å². The SMILES string of the molecule is Cc1c(Cc2ccccc2)nnc(N2CCN(c3cnc(C(=O)N4CCN(C)CC4)cn3)[C@H](C)C2)c1C. The van der Waals surface area contributed by atoms with Crippen LogP contribution in [0.2, 0.25) is 0 Å². The maximum absolute atomic E-state index is 12.8. The minimum absolute atomic E-state index is 0.0369. The van der Waals surface area contributed by atoms with Crippen LogP contribution in [0, 0.1) is 13.8 Å². The monoisotopic (exact) mass is 500 g/mol. The Hall–Kier alpha value is -3.59. The van der Waals surface area contributed by atoms with Crippen LogP contribution in [-0.4, -0.2) is 94.8 Å². The third-order valence-electron chi connectivity index (χ3n) is 7.68. The molecule has 9 nitrogen and oxygen atoms in total. The third-order valence-corrected chi connectivity index (χ3v) is 7.68. The van der Waals surface area contributed by atoms with Crippen LogP contribution < -0.4 is 9.80 Å². The lowest BCUT2D eigenvalue weighted by Crippen LogP contribution is -2.53. The van der Waals surface area contributed by atoms with E-state index in [9.17, 15) is 4.79 Å². The topological polar surface area (TPSA) is 81.6 Å². The van der Waals surface area contributed by atoms with Gasteiger partial charge in [-0.25, -0.2) is 9.97 Å². The molecule has 1 amide bonds. The van der Waals surface area contributed by atoms with Crippen LogP contribution in [0.15, 0.2) is 42.7 Å². The average Bonchev–Trinajstić information content (AvgIpc) is 2.92. The molecule has 1 aromatic carbocycles. The van der Waals surface area contributed by atoms with Gasteiger partial charge in [-0.15, -0.1) is 5.10 Å². The van der Waals surface area contributed by atoms with Gasteiger partial charge in [-0.05, 0) is 44.5 Å². The number of amides is 1. The quantitative estimate of drug-likeness (QED) is 0.529. The van der Waals surface area contributed by atoms with Gasteiger partial charge < -0.3 is 19.6 Å². The van der Waals surface area contributed by atoms with E-state index in [-0.39, 0.29) is 11.9 Å². The standard InChI is InChI=1S/C28H36N8O/c1-20-19-35(27-22(3)21(2)24(31-32-27)16-23-8-6-5-7-9-23)14-15-36(20)26-18-29-25(17-30-26)28(37)34-12-10-33(4)11-13-34/h5-9,17-18,20H,10-16,19H2,1-4H3/t20-/m1/s1. The van der Waals surface area contributed by atoms with Crippen LogP contribution in [0.4, 0.5) is 11.6 Å². The Morgan fingerprint density at radius 2 is 1.68 bits per heavy atom. The van der Waals surface area contributed by atoms with Gasteiger partial charge in [0.2, 0.25) is 0 Å². The van der Waals surface area contributed by atoms with Gasteiger partial charge in [-0.1, -0.05) is 30.3 Å². The van der Waals surface area contributed by atoms with Gasteiger partial charge >= 0.3 is 0 Å². The van der Waals surface area contributed by atoms with Gasteiger partial charge in [0.05, 0.1) is 18.1 Å². The smallest absolute Gasteiger partial charge is 0.274 e. The van der Waals surface area contributed by atoms with Gasteiger partial charge in [0, 0.05) is 58.3 Å².